The van der Waals surface area contributed by atoms with Gasteiger partial charge in [-0.15, -0.1) is 0 Å². The zero-order valence-electron chi connectivity index (χ0n) is 14.5. The summed E-state index contributed by atoms with van der Waals surface area (Å²) in [6.07, 6.45) is 0. The molecule has 2 N–H and O–H groups in total. The molecule has 1 aliphatic rings. The van der Waals surface area contributed by atoms with E-state index in [1.807, 2.05) is 31.2 Å². The van der Waals surface area contributed by atoms with Crippen LogP contribution in [0.15, 0.2) is 42.5 Å². The molecule has 0 saturated carbocycles. The number of rotatable bonds is 5. The average molecular weight is 341 g/mol. The van der Waals surface area contributed by atoms with Gasteiger partial charge in [0.15, 0.2) is 0 Å². The number of carbonyl (C=O) groups is 1. The van der Waals surface area contributed by atoms with Crippen LogP contribution in [0.25, 0.3) is 11.1 Å². The summed E-state index contributed by atoms with van der Waals surface area (Å²) < 4.78 is 14.4. The Morgan fingerprint density at radius 2 is 1.80 bits per heavy atom. The maximum absolute atomic E-state index is 14.4. The fourth-order valence-electron chi connectivity index (χ4n) is 2.98. The molecule has 5 heteroatoms. The van der Waals surface area contributed by atoms with Crippen LogP contribution < -0.4 is 10.6 Å². The van der Waals surface area contributed by atoms with E-state index in [0.717, 1.165) is 49.4 Å². The van der Waals surface area contributed by atoms with E-state index in [2.05, 4.69) is 15.5 Å². The number of piperazine rings is 1. The van der Waals surface area contributed by atoms with Crippen LogP contribution in [0.1, 0.15) is 15.9 Å². The first-order valence-corrected chi connectivity index (χ1v) is 8.71. The predicted molar refractivity (Wildman–Crippen MR) is 98.2 cm³/mol. The smallest absolute Gasteiger partial charge is 0.254 e. The maximum atomic E-state index is 14.4. The summed E-state index contributed by atoms with van der Waals surface area (Å²) in [4.78, 5) is 14.5. The lowest BCUT2D eigenvalue weighted by molar-refractivity contribution is 0.0943. The number of carbonyl (C=O) groups excluding carboxylic acids is 1. The van der Waals surface area contributed by atoms with E-state index in [9.17, 15) is 9.18 Å². The first kappa shape index (κ1) is 17.6. The van der Waals surface area contributed by atoms with E-state index in [1.165, 1.54) is 6.07 Å². The number of amides is 1. The van der Waals surface area contributed by atoms with Crippen molar-refractivity contribution in [2.75, 3.05) is 39.3 Å². The van der Waals surface area contributed by atoms with Gasteiger partial charge in [0.2, 0.25) is 0 Å². The first-order valence-electron chi connectivity index (χ1n) is 8.71. The minimum atomic E-state index is -0.488. The van der Waals surface area contributed by atoms with Crippen LogP contribution in [0.2, 0.25) is 0 Å². The fraction of sp³-hybridized carbons (Fsp3) is 0.350. The molecule has 25 heavy (non-hydrogen) atoms. The van der Waals surface area contributed by atoms with Crippen LogP contribution in [0, 0.1) is 12.7 Å². The standard InChI is InChI=1S/C20H24FN3O/c1-15-2-4-16(5-3-15)17-6-7-18(19(21)14-17)20(25)23-10-13-24-11-8-22-9-12-24/h2-7,14,22H,8-13H2,1H3,(H,23,25). The van der Waals surface area contributed by atoms with Crippen molar-refractivity contribution in [2.45, 2.75) is 6.92 Å². The molecule has 1 heterocycles. The monoisotopic (exact) mass is 341 g/mol. The summed E-state index contributed by atoms with van der Waals surface area (Å²) >= 11 is 0. The van der Waals surface area contributed by atoms with Gasteiger partial charge in [-0.2, -0.15) is 0 Å². The Kier molecular flexibility index (Phi) is 5.79. The zero-order valence-corrected chi connectivity index (χ0v) is 14.5. The molecule has 1 fully saturated rings. The quantitative estimate of drug-likeness (QED) is 0.878. The topological polar surface area (TPSA) is 44.4 Å². The van der Waals surface area contributed by atoms with Gasteiger partial charge in [-0.25, -0.2) is 4.39 Å². The lowest BCUT2D eigenvalue weighted by Gasteiger charge is -2.27. The molecule has 0 aliphatic carbocycles. The highest BCUT2D eigenvalue weighted by molar-refractivity contribution is 5.95. The SMILES string of the molecule is Cc1ccc(-c2ccc(C(=O)NCCN3CCNCC3)c(F)c2)cc1. The Balaban J connectivity index is 1.59. The van der Waals surface area contributed by atoms with E-state index in [-0.39, 0.29) is 11.5 Å². The van der Waals surface area contributed by atoms with Crippen molar-refractivity contribution in [2.24, 2.45) is 0 Å². The van der Waals surface area contributed by atoms with Crippen LogP contribution >= 0.6 is 0 Å². The van der Waals surface area contributed by atoms with Crippen molar-refractivity contribution in [3.05, 3.63) is 59.4 Å². The third kappa shape index (κ3) is 4.65. The number of nitrogens with one attached hydrogen (secondary N) is 2. The second kappa shape index (κ2) is 8.23. The van der Waals surface area contributed by atoms with Crippen LogP contribution in [-0.4, -0.2) is 50.1 Å². The lowest BCUT2D eigenvalue weighted by Crippen LogP contribution is -2.46. The molecule has 0 atom stereocenters. The van der Waals surface area contributed by atoms with E-state index >= 15 is 0 Å². The Morgan fingerprint density at radius 3 is 2.48 bits per heavy atom. The molecule has 0 aromatic heterocycles. The molecule has 0 spiro atoms. The van der Waals surface area contributed by atoms with Crippen molar-refractivity contribution < 1.29 is 9.18 Å². The highest BCUT2D eigenvalue weighted by Gasteiger charge is 2.14. The van der Waals surface area contributed by atoms with Crippen molar-refractivity contribution in [3.8, 4) is 11.1 Å². The molecule has 1 aliphatic heterocycles. The number of nitrogens with zero attached hydrogens (tertiary/aromatic N) is 1. The van der Waals surface area contributed by atoms with Gasteiger partial charge < -0.3 is 10.6 Å². The molecule has 3 rings (SSSR count). The molecular formula is C20H24FN3O. The van der Waals surface area contributed by atoms with Crippen molar-refractivity contribution in [1.82, 2.24) is 15.5 Å². The number of aryl methyl sites for hydroxylation is 1. The van der Waals surface area contributed by atoms with Crippen LogP contribution in [-0.2, 0) is 0 Å². The van der Waals surface area contributed by atoms with Gasteiger partial charge in [0.1, 0.15) is 5.82 Å². The number of benzene rings is 2. The second-order valence-corrected chi connectivity index (χ2v) is 6.41. The Morgan fingerprint density at radius 1 is 1.12 bits per heavy atom. The number of hydrogen-bond donors (Lipinski definition) is 2. The van der Waals surface area contributed by atoms with Gasteiger partial charge >= 0.3 is 0 Å². The molecular weight excluding hydrogens is 317 g/mol. The van der Waals surface area contributed by atoms with Crippen LogP contribution in [0.4, 0.5) is 4.39 Å². The summed E-state index contributed by atoms with van der Waals surface area (Å²) in [5.41, 5.74) is 2.96. The third-order valence-electron chi connectivity index (χ3n) is 4.52. The van der Waals surface area contributed by atoms with Crippen LogP contribution in [0.3, 0.4) is 0 Å². The van der Waals surface area contributed by atoms with Gasteiger partial charge in [0.25, 0.3) is 5.91 Å². The van der Waals surface area contributed by atoms with E-state index in [1.54, 1.807) is 12.1 Å². The Labute approximate surface area is 148 Å². The molecule has 0 bridgehead atoms. The summed E-state index contributed by atoms with van der Waals surface area (Å²) in [7, 11) is 0. The maximum Gasteiger partial charge on any atom is 0.254 e. The summed E-state index contributed by atoms with van der Waals surface area (Å²) in [5, 5.41) is 6.10. The molecule has 1 saturated heterocycles. The fourth-order valence-corrected chi connectivity index (χ4v) is 2.98. The first-order chi connectivity index (χ1) is 12.1. The highest BCUT2D eigenvalue weighted by Crippen LogP contribution is 2.22. The van der Waals surface area contributed by atoms with E-state index in [4.69, 9.17) is 0 Å². The predicted octanol–water partition coefficient (Wildman–Crippen LogP) is 2.44. The number of hydrogen-bond acceptors (Lipinski definition) is 3. The largest absolute Gasteiger partial charge is 0.351 e. The van der Waals surface area contributed by atoms with Crippen molar-refractivity contribution in [3.63, 3.8) is 0 Å². The minimum absolute atomic E-state index is 0.0937. The van der Waals surface area contributed by atoms with Gasteiger partial charge in [-0.05, 0) is 30.2 Å². The van der Waals surface area contributed by atoms with Crippen molar-refractivity contribution in [1.29, 1.82) is 0 Å². The normalized spacial score (nSPS) is 15.1. The second-order valence-electron chi connectivity index (χ2n) is 6.41. The Hall–Kier alpha value is -2.24. The summed E-state index contributed by atoms with van der Waals surface area (Å²) in [6, 6.07) is 12.7. The van der Waals surface area contributed by atoms with Crippen molar-refractivity contribution >= 4 is 5.91 Å². The summed E-state index contributed by atoms with van der Waals surface area (Å²) in [6.45, 7) is 7.24. The van der Waals surface area contributed by atoms with Gasteiger partial charge in [0.05, 0.1) is 5.56 Å². The highest BCUT2D eigenvalue weighted by atomic mass is 19.1. The zero-order chi connectivity index (χ0) is 17.6. The molecule has 0 unspecified atom stereocenters. The van der Waals surface area contributed by atoms with Gasteiger partial charge in [-0.3, -0.25) is 9.69 Å². The van der Waals surface area contributed by atoms with Gasteiger partial charge in [-0.1, -0.05) is 35.9 Å². The van der Waals surface area contributed by atoms with Crippen LogP contribution in [0.5, 0.6) is 0 Å². The van der Waals surface area contributed by atoms with E-state index < -0.39 is 5.82 Å². The molecule has 2 aromatic rings. The van der Waals surface area contributed by atoms with E-state index in [0.29, 0.717) is 6.54 Å². The molecule has 2 aromatic carbocycles. The molecule has 1 amide bonds. The molecule has 4 nitrogen and oxygen atoms in total. The minimum Gasteiger partial charge on any atom is -0.351 e. The Bertz CT molecular complexity index is 724. The van der Waals surface area contributed by atoms with Gasteiger partial charge in [0, 0.05) is 39.3 Å². The average Bonchev–Trinajstić information content (AvgIpc) is 2.63. The third-order valence-corrected chi connectivity index (χ3v) is 4.52. The number of halogens is 1. The molecule has 132 valence electrons. The summed E-state index contributed by atoms with van der Waals surface area (Å²) in [5.74, 6) is -0.846. The molecule has 0 radical (unpaired) electrons. The lowest BCUT2D eigenvalue weighted by atomic mass is 10.0.